The molecule has 0 spiro atoms. The lowest BCUT2D eigenvalue weighted by Crippen LogP contribution is -2.26. The van der Waals surface area contributed by atoms with Crippen LogP contribution >= 0.6 is 27.7 Å². The summed E-state index contributed by atoms with van der Waals surface area (Å²) in [7, 11) is 0. The number of rotatable bonds is 5. The lowest BCUT2D eigenvalue weighted by molar-refractivity contribution is 0.741. The van der Waals surface area contributed by atoms with Crippen molar-refractivity contribution in [3.63, 3.8) is 0 Å². The molecule has 0 saturated heterocycles. The third-order valence-corrected chi connectivity index (χ3v) is 5.05. The lowest BCUT2D eigenvalue weighted by atomic mass is 9.97. The fraction of sp³-hybridized carbons (Fsp3) is 0.294. The normalized spacial score (nSPS) is 12.4. The number of aryl methyl sites for hydroxylation is 2. The molecule has 0 aliphatic heterocycles. The average Bonchev–Trinajstić information content (AvgIpc) is 2.41. The largest absolute Gasteiger partial charge is 0.327 e. The molecule has 1 atom stereocenters. The second-order valence-corrected chi connectivity index (χ2v) is 7.11. The summed E-state index contributed by atoms with van der Waals surface area (Å²) in [6.07, 6.45) is 0.944. The van der Waals surface area contributed by atoms with Crippen LogP contribution < -0.4 is 5.73 Å². The molecule has 2 rings (SSSR count). The maximum atomic E-state index is 6.30. The highest BCUT2D eigenvalue weighted by Crippen LogP contribution is 2.23. The number of thioether (sulfide) groups is 1. The van der Waals surface area contributed by atoms with Gasteiger partial charge in [-0.1, -0.05) is 40.2 Å². The maximum Gasteiger partial charge on any atom is 0.0186 e. The van der Waals surface area contributed by atoms with E-state index in [1.165, 1.54) is 21.6 Å². The molecule has 106 valence electrons. The van der Waals surface area contributed by atoms with Gasteiger partial charge >= 0.3 is 0 Å². The van der Waals surface area contributed by atoms with E-state index >= 15 is 0 Å². The van der Waals surface area contributed by atoms with Crippen molar-refractivity contribution in [1.82, 2.24) is 0 Å². The minimum Gasteiger partial charge on any atom is -0.327 e. The Bertz CT molecular complexity index is 563. The molecule has 1 unspecified atom stereocenters. The molecule has 0 saturated carbocycles. The Hall–Kier alpha value is -0.770. The van der Waals surface area contributed by atoms with Crippen LogP contribution in [0.4, 0.5) is 0 Å². The topological polar surface area (TPSA) is 26.0 Å². The molecule has 2 N–H and O–H groups in total. The van der Waals surface area contributed by atoms with E-state index < -0.39 is 0 Å². The molecule has 2 aromatic rings. The first-order chi connectivity index (χ1) is 9.56. The van der Waals surface area contributed by atoms with Crippen LogP contribution in [0.3, 0.4) is 0 Å². The molecule has 0 aliphatic carbocycles. The van der Waals surface area contributed by atoms with Gasteiger partial charge in [0.1, 0.15) is 0 Å². The van der Waals surface area contributed by atoms with Crippen molar-refractivity contribution in [3.8, 4) is 0 Å². The van der Waals surface area contributed by atoms with Crippen molar-refractivity contribution in [2.24, 2.45) is 5.73 Å². The highest BCUT2D eigenvalue weighted by molar-refractivity contribution is 9.10. The highest BCUT2D eigenvalue weighted by atomic mass is 79.9. The van der Waals surface area contributed by atoms with Crippen LogP contribution in [0.5, 0.6) is 0 Å². The zero-order valence-corrected chi connectivity index (χ0v) is 14.3. The number of hydrogen-bond donors (Lipinski definition) is 1. The molecule has 0 fully saturated rings. The van der Waals surface area contributed by atoms with Crippen molar-refractivity contribution in [3.05, 3.63) is 63.6 Å². The Morgan fingerprint density at radius 1 is 1.10 bits per heavy atom. The van der Waals surface area contributed by atoms with E-state index in [0.717, 1.165) is 16.6 Å². The van der Waals surface area contributed by atoms with E-state index in [-0.39, 0.29) is 6.04 Å². The van der Waals surface area contributed by atoms with Crippen molar-refractivity contribution >= 4 is 27.7 Å². The van der Waals surface area contributed by atoms with Gasteiger partial charge in [-0.05, 0) is 55.2 Å². The number of halogens is 1. The first kappa shape index (κ1) is 15.6. The summed E-state index contributed by atoms with van der Waals surface area (Å²) in [6.45, 7) is 4.33. The molecular weight excluding hydrogens is 330 g/mol. The Balaban J connectivity index is 1.94. The van der Waals surface area contributed by atoms with Gasteiger partial charge in [0, 0.05) is 21.2 Å². The van der Waals surface area contributed by atoms with E-state index in [9.17, 15) is 0 Å². The molecule has 0 radical (unpaired) electrons. The van der Waals surface area contributed by atoms with Gasteiger partial charge in [0.05, 0.1) is 0 Å². The van der Waals surface area contributed by atoms with E-state index in [1.54, 1.807) is 0 Å². The Kier molecular flexibility index (Phi) is 5.70. The molecule has 0 heterocycles. The summed E-state index contributed by atoms with van der Waals surface area (Å²) in [5.74, 6) is 0.935. The van der Waals surface area contributed by atoms with Gasteiger partial charge in [-0.3, -0.25) is 0 Å². The first-order valence-corrected chi connectivity index (χ1v) is 8.53. The molecule has 0 amide bonds. The molecule has 20 heavy (non-hydrogen) atoms. The van der Waals surface area contributed by atoms with Crippen LogP contribution in [0.25, 0.3) is 0 Å². The van der Waals surface area contributed by atoms with Gasteiger partial charge in [0.15, 0.2) is 0 Å². The summed E-state index contributed by atoms with van der Waals surface area (Å²) in [6, 6.07) is 15.0. The van der Waals surface area contributed by atoms with Gasteiger partial charge < -0.3 is 5.73 Å². The van der Waals surface area contributed by atoms with Gasteiger partial charge in [-0.15, -0.1) is 11.8 Å². The third kappa shape index (κ3) is 4.37. The highest BCUT2D eigenvalue weighted by Gasteiger charge is 2.09. The van der Waals surface area contributed by atoms with Crippen LogP contribution in [0.1, 0.15) is 16.7 Å². The minimum absolute atomic E-state index is 0.179. The van der Waals surface area contributed by atoms with Gasteiger partial charge in [0.2, 0.25) is 0 Å². The molecule has 2 aromatic carbocycles. The standard InChI is InChI=1S/C17H20BrNS/c1-12-5-3-6-13(2)17(12)10-15(19)11-20-16-8-4-7-14(18)9-16/h3-9,15H,10-11,19H2,1-2H3. The summed E-state index contributed by atoms with van der Waals surface area (Å²) < 4.78 is 1.12. The minimum atomic E-state index is 0.179. The predicted octanol–water partition coefficient (Wildman–Crippen LogP) is 4.73. The SMILES string of the molecule is Cc1cccc(C)c1CC(N)CSc1cccc(Br)c1. The van der Waals surface area contributed by atoms with Gasteiger partial charge in [0.25, 0.3) is 0 Å². The molecule has 3 heteroatoms. The molecule has 0 aliphatic rings. The van der Waals surface area contributed by atoms with E-state index in [4.69, 9.17) is 5.73 Å². The smallest absolute Gasteiger partial charge is 0.0186 e. The predicted molar refractivity (Wildman–Crippen MR) is 92.5 cm³/mol. The van der Waals surface area contributed by atoms with Gasteiger partial charge in [-0.25, -0.2) is 0 Å². The summed E-state index contributed by atoms with van der Waals surface area (Å²) in [4.78, 5) is 1.26. The van der Waals surface area contributed by atoms with Crippen LogP contribution in [-0.2, 0) is 6.42 Å². The van der Waals surface area contributed by atoms with E-state index in [0.29, 0.717) is 0 Å². The molecular formula is C17H20BrNS. The van der Waals surface area contributed by atoms with Crippen LogP contribution in [0.15, 0.2) is 51.8 Å². The Labute approximate surface area is 134 Å². The van der Waals surface area contributed by atoms with Crippen LogP contribution in [0, 0.1) is 13.8 Å². The number of benzene rings is 2. The van der Waals surface area contributed by atoms with Crippen LogP contribution in [-0.4, -0.2) is 11.8 Å². The van der Waals surface area contributed by atoms with Crippen molar-refractivity contribution in [2.75, 3.05) is 5.75 Å². The third-order valence-electron chi connectivity index (χ3n) is 3.37. The lowest BCUT2D eigenvalue weighted by Gasteiger charge is -2.15. The summed E-state index contributed by atoms with van der Waals surface area (Å²) >= 11 is 5.32. The first-order valence-electron chi connectivity index (χ1n) is 6.75. The van der Waals surface area contributed by atoms with Crippen LogP contribution in [0.2, 0.25) is 0 Å². The number of hydrogen-bond acceptors (Lipinski definition) is 2. The molecule has 1 nitrogen and oxygen atoms in total. The monoisotopic (exact) mass is 349 g/mol. The zero-order chi connectivity index (χ0) is 14.5. The van der Waals surface area contributed by atoms with Crippen molar-refractivity contribution < 1.29 is 0 Å². The Morgan fingerprint density at radius 3 is 2.40 bits per heavy atom. The average molecular weight is 350 g/mol. The Morgan fingerprint density at radius 2 is 1.75 bits per heavy atom. The fourth-order valence-electron chi connectivity index (χ4n) is 2.25. The van der Waals surface area contributed by atoms with Gasteiger partial charge in [-0.2, -0.15) is 0 Å². The quantitative estimate of drug-likeness (QED) is 0.789. The zero-order valence-electron chi connectivity index (χ0n) is 11.9. The van der Waals surface area contributed by atoms with Crippen molar-refractivity contribution in [2.45, 2.75) is 31.2 Å². The number of nitrogens with two attached hydrogens (primary N) is 1. The van der Waals surface area contributed by atoms with E-state index in [2.05, 4.69) is 66.2 Å². The molecule has 0 bridgehead atoms. The maximum absolute atomic E-state index is 6.30. The second-order valence-electron chi connectivity index (χ2n) is 5.10. The van der Waals surface area contributed by atoms with E-state index in [1.807, 2.05) is 17.8 Å². The van der Waals surface area contributed by atoms with Crippen molar-refractivity contribution in [1.29, 1.82) is 0 Å². The summed E-state index contributed by atoms with van der Waals surface area (Å²) in [5.41, 5.74) is 10.4. The summed E-state index contributed by atoms with van der Waals surface area (Å²) in [5, 5.41) is 0. The fourth-order valence-corrected chi connectivity index (χ4v) is 3.71. The second kappa shape index (κ2) is 7.30. The molecule has 0 aromatic heterocycles.